The number of rotatable bonds is 4. The average Bonchev–Trinajstić information content (AvgIpc) is 3.21. The first kappa shape index (κ1) is 18.8. The summed E-state index contributed by atoms with van der Waals surface area (Å²) in [5.74, 6) is -2.31. The van der Waals surface area contributed by atoms with Gasteiger partial charge in [-0.25, -0.2) is 0 Å². The molecule has 0 radical (unpaired) electrons. The van der Waals surface area contributed by atoms with Gasteiger partial charge in [0.1, 0.15) is 0 Å². The Morgan fingerprint density at radius 2 is 1.48 bits per heavy atom. The zero-order valence-corrected chi connectivity index (χ0v) is 16.7. The van der Waals surface area contributed by atoms with Gasteiger partial charge in [0.2, 0.25) is 0 Å². The normalized spacial score (nSPS) is 10.6. The number of benzene rings is 3. The third kappa shape index (κ3) is 4.01. The first-order valence-electron chi connectivity index (χ1n) is 8.69. The van der Waals surface area contributed by atoms with Crippen LogP contribution in [0.5, 0.6) is 17.2 Å². The van der Waals surface area contributed by atoms with Crippen LogP contribution in [0.15, 0.2) is 71.7 Å². The molecule has 1 amide bonds. The van der Waals surface area contributed by atoms with Gasteiger partial charge >= 0.3 is 172 Å². The van der Waals surface area contributed by atoms with Crippen LogP contribution in [0.1, 0.15) is 10.4 Å². The van der Waals surface area contributed by atoms with Gasteiger partial charge in [0, 0.05) is 0 Å². The van der Waals surface area contributed by atoms with Gasteiger partial charge in [0.05, 0.1) is 0 Å². The van der Waals surface area contributed by atoms with Crippen LogP contribution in [0.3, 0.4) is 0 Å². The molecule has 0 aliphatic carbocycles. The van der Waals surface area contributed by atoms with Gasteiger partial charge in [-0.05, 0) is 0 Å². The molecule has 6 nitrogen and oxygen atoms in total. The Bertz CT molecular complexity index is 1170. The summed E-state index contributed by atoms with van der Waals surface area (Å²) >= 11 is -0.158. The van der Waals surface area contributed by atoms with Crippen LogP contribution in [0.2, 0.25) is 0 Å². The fourth-order valence-electron chi connectivity index (χ4n) is 2.86. The molecule has 0 saturated carbocycles. The second kappa shape index (κ2) is 7.83. The Labute approximate surface area is 172 Å². The molecule has 0 fully saturated rings. The van der Waals surface area contributed by atoms with E-state index in [0.717, 1.165) is 34.5 Å². The molecule has 0 bridgehead atoms. The summed E-state index contributed by atoms with van der Waals surface area (Å²) in [6, 6.07) is 20.3. The number of carbonyl (C=O) groups excluding carboxylic acids is 1. The number of hydrogen-bond acceptors (Lipinski definition) is 5. The van der Waals surface area contributed by atoms with Crippen molar-refractivity contribution in [3.8, 4) is 39.6 Å². The molecule has 0 unspecified atom stereocenters. The van der Waals surface area contributed by atoms with Crippen LogP contribution in [0.25, 0.3) is 22.4 Å². The van der Waals surface area contributed by atoms with E-state index >= 15 is 0 Å². The maximum atomic E-state index is 12.4. The molecule has 1 heterocycles. The Morgan fingerprint density at radius 1 is 0.828 bits per heavy atom. The second-order valence-electron chi connectivity index (χ2n) is 6.30. The van der Waals surface area contributed by atoms with Crippen LogP contribution in [-0.4, -0.2) is 40.7 Å². The molecule has 0 spiro atoms. The van der Waals surface area contributed by atoms with E-state index < -0.39 is 23.2 Å². The molecule has 144 valence electrons. The second-order valence-corrected chi connectivity index (χ2v) is 8.10. The molecule has 4 N–H and O–H groups in total. The van der Waals surface area contributed by atoms with Crippen molar-refractivity contribution in [2.75, 3.05) is 5.32 Å². The van der Waals surface area contributed by atoms with Crippen LogP contribution in [0, 0.1) is 0 Å². The zero-order chi connectivity index (χ0) is 20.4. The van der Waals surface area contributed by atoms with E-state index in [9.17, 15) is 20.1 Å². The van der Waals surface area contributed by atoms with E-state index in [2.05, 4.69) is 16.4 Å². The van der Waals surface area contributed by atoms with Crippen molar-refractivity contribution in [1.82, 2.24) is 4.98 Å². The van der Waals surface area contributed by atoms with E-state index in [0.29, 0.717) is 4.69 Å². The number of aromatic nitrogens is 1. The Balaban J connectivity index is 1.55. The van der Waals surface area contributed by atoms with Gasteiger partial charge < -0.3 is 0 Å². The van der Waals surface area contributed by atoms with Gasteiger partial charge in [0.25, 0.3) is 0 Å². The van der Waals surface area contributed by atoms with Crippen LogP contribution >= 0.6 is 0 Å². The number of carbonyl (C=O) groups is 1. The monoisotopic (exact) mass is 452 g/mol. The van der Waals surface area contributed by atoms with E-state index in [-0.39, 0.29) is 20.1 Å². The van der Waals surface area contributed by atoms with Crippen LogP contribution in [0.4, 0.5) is 4.69 Å². The molecule has 0 aliphatic rings. The third-order valence-electron chi connectivity index (χ3n) is 4.32. The number of phenols is 3. The van der Waals surface area contributed by atoms with Crippen molar-refractivity contribution in [3.63, 3.8) is 0 Å². The minimum absolute atomic E-state index is 0.0239. The topological polar surface area (TPSA) is 103 Å². The van der Waals surface area contributed by atoms with Crippen molar-refractivity contribution < 1.29 is 20.1 Å². The molecule has 0 aliphatic heterocycles. The van der Waals surface area contributed by atoms with E-state index in [4.69, 9.17) is 0 Å². The number of aromatic hydroxyl groups is 3. The number of amides is 1. The summed E-state index contributed by atoms with van der Waals surface area (Å²) in [5, 5.41) is 31.2. The molecule has 0 saturated heterocycles. The number of nitrogens with one attached hydrogen (secondary N) is 1. The average molecular weight is 451 g/mol. The van der Waals surface area contributed by atoms with Crippen molar-refractivity contribution in [1.29, 1.82) is 0 Å². The van der Waals surface area contributed by atoms with E-state index in [1.807, 2.05) is 53.5 Å². The molecular weight excluding hydrogens is 435 g/mol. The van der Waals surface area contributed by atoms with Gasteiger partial charge in [-0.1, -0.05) is 0 Å². The van der Waals surface area contributed by atoms with E-state index in [1.54, 1.807) is 0 Å². The van der Waals surface area contributed by atoms with Crippen molar-refractivity contribution in [3.05, 3.63) is 77.2 Å². The standard InChI is InChI=1S/C22H16N2O4Se/c25-18-10-16(11-19(26)20(18)27)21(28)24-22-23-17(12-29-22)15-8-4-7-14(9-15)13-5-2-1-3-6-13/h1-12,25-27H,(H,23,24,28). The quantitative estimate of drug-likeness (QED) is 0.279. The van der Waals surface area contributed by atoms with Crippen molar-refractivity contribution >= 4 is 25.1 Å². The summed E-state index contributed by atoms with van der Waals surface area (Å²) in [6.45, 7) is 0. The molecule has 4 rings (SSSR count). The Hall–Kier alpha value is -3.54. The molecule has 0 atom stereocenters. The number of phenolic OH excluding ortho intramolecular Hbond substituents is 3. The summed E-state index contributed by atoms with van der Waals surface area (Å²) in [4.78, 5) is 18.9. The Morgan fingerprint density at radius 3 is 2.21 bits per heavy atom. The minimum atomic E-state index is -0.661. The fourth-order valence-corrected chi connectivity index (χ4v) is 4.36. The number of nitrogens with zero attached hydrogens (tertiary/aromatic N) is 1. The van der Waals surface area contributed by atoms with Crippen molar-refractivity contribution in [2.24, 2.45) is 0 Å². The van der Waals surface area contributed by atoms with Crippen molar-refractivity contribution in [2.45, 2.75) is 0 Å². The summed E-state index contributed by atoms with van der Waals surface area (Å²) in [6.07, 6.45) is 0. The summed E-state index contributed by atoms with van der Waals surface area (Å²) < 4.78 is 0.523. The van der Waals surface area contributed by atoms with Gasteiger partial charge in [0.15, 0.2) is 0 Å². The molecule has 29 heavy (non-hydrogen) atoms. The third-order valence-corrected chi connectivity index (χ3v) is 5.91. The number of anilines is 1. The number of hydrogen-bond donors (Lipinski definition) is 4. The van der Waals surface area contributed by atoms with Gasteiger partial charge in [-0.3, -0.25) is 0 Å². The summed E-state index contributed by atoms with van der Waals surface area (Å²) in [5.41, 5.74) is 3.96. The van der Waals surface area contributed by atoms with Gasteiger partial charge in [-0.2, -0.15) is 0 Å². The predicted molar refractivity (Wildman–Crippen MR) is 111 cm³/mol. The van der Waals surface area contributed by atoms with Crippen LogP contribution < -0.4 is 5.32 Å². The molecule has 3 aromatic carbocycles. The summed E-state index contributed by atoms with van der Waals surface area (Å²) in [7, 11) is 0. The Kier molecular flexibility index (Phi) is 5.08. The maximum absolute atomic E-state index is 12.4. The molecule has 1 aromatic heterocycles. The van der Waals surface area contributed by atoms with Gasteiger partial charge in [-0.15, -0.1) is 0 Å². The molecule has 7 heteroatoms. The van der Waals surface area contributed by atoms with E-state index in [1.165, 1.54) is 0 Å². The first-order chi connectivity index (χ1) is 14.0. The fraction of sp³-hybridized carbons (Fsp3) is 0. The first-order valence-corrected chi connectivity index (χ1v) is 10.5. The molecule has 4 aromatic rings. The molecular formula is C22H16N2O4Se. The predicted octanol–water partition coefficient (Wildman–Crippen LogP) is 3.84. The van der Waals surface area contributed by atoms with Crippen LogP contribution in [-0.2, 0) is 0 Å². The zero-order valence-electron chi connectivity index (χ0n) is 15.0. The SMILES string of the molecule is O=C(Nc1nc(-c2cccc(-c3ccccc3)c2)c[se]1)c1cc(O)c(O)c(O)c1.